The lowest BCUT2D eigenvalue weighted by Crippen LogP contribution is -2.46. The van der Waals surface area contributed by atoms with Crippen LogP contribution < -0.4 is 5.32 Å². The first kappa shape index (κ1) is 48.8. The third-order valence-corrected chi connectivity index (χ3v) is 9.61. The quantitative estimate of drug-likeness (QED) is 0.0338. The predicted molar refractivity (Wildman–Crippen MR) is 221 cm³/mol. The van der Waals surface area contributed by atoms with Crippen LogP contribution in [0.1, 0.15) is 181 Å². The molecule has 0 saturated heterocycles. The highest BCUT2D eigenvalue weighted by atomic mass is 32.2. The molecule has 0 aliphatic rings. The van der Waals surface area contributed by atoms with Crippen molar-refractivity contribution in [3.63, 3.8) is 0 Å². The van der Waals surface area contributed by atoms with Crippen molar-refractivity contribution in [2.45, 2.75) is 193 Å². The van der Waals surface area contributed by atoms with E-state index in [0.717, 1.165) is 64.2 Å². The van der Waals surface area contributed by atoms with E-state index >= 15 is 0 Å². The molecular formula is C44H77NO5S. The van der Waals surface area contributed by atoms with Crippen LogP contribution in [0.3, 0.4) is 0 Å². The number of unbranched alkanes of at least 4 members (excludes halogenated alkanes) is 18. The van der Waals surface area contributed by atoms with Crippen LogP contribution >= 0.6 is 0 Å². The minimum atomic E-state index is -4.36. The Morgan fingerprint density at radius 2 is 0.902 bits per heavy atom. The number of hydrogen-bond donors (Lipinski definition) is 3. The van der Waals surface area contributed by atoms with Gasteiger partial charge in [-0.2, -0.15) is 8.42 Å². The number of carbonyl (C=O) groups excluding carboxylic acids is 1. The summed E-state index contributed by atoms with van der Waals surface area (Å²) in [6, 6.07) is -1.09. The van der Waals surface area contributed by atoms with Gasteiger partial charge in [0, 0.05) is 6.42 Å². The van der Waals surface area contributed by atoms with Gasteiger partial charge in [-0.1, -0.05) is 164 Å². The van der Waals surface area contributed by atoms with Crippen molar-refractivity contribution >= 4 is 16.0 Å². The van der Waals surface area contributed by atoms with Crippen LogP contribution in [0.5, 0.6) is 0 Å². The van der Waals surface area contributed by atoms with E-state index in [1.54, 1.807) is 6.08 Å². The molecule has 7 heteroatoms. The van der Waals surface area contributed by atoms with E-state index in [9.17, 15) is 22.9 Å². The van der Waals surface area contributed by atoms with E-state index in [4.69, 9.17) is 0 Å². The van der Waals surface area contributed by atoms with Crippen molar-refractivity contribution in [1.29, 1.82) is 0 Å². The van der Waals surface area contributed by atoms with E-state index in [0.29, 0.717) is 12.8 Å². The number of nitrogens with one attached hydrogen (secondary N) is 1. The van der Waals surface area contributed by atoms with E-state index in [2.05, 4.69) is 79.9 Å². The molecule has 0 rings (SSSR count). The maximum Gasteiger partial charge on any atom is 0.267 e. The molecule has 2 unspecified atom stereocenters. The second-order valence-electron chi connectivity index (χ2n) is 13.9. The molecule has 3 N–H and O–H groups in total. The lowest BCUT2D eigenvalue weighted by atomic mass is 10.1. The Morgan fingerprint density at radius 1 is 0.529 bits per heavy atom. The molecule has 0 aliphatic heterocycles. The van der Waals surface area contributed by atoms with Crippen LogP contribution in [0.15, 0.2) is 72.9 Å². The molecule has 1 amide bonds. The second-order valence-corrected chi connectivity index (χ2v) is 15.4. The number of aliphatic hydroxyl groups is 1. The Kier molecular flexibility index (Phi) is 35.9. The number of rotatable bonds is 36. The van der Waals surface area contributed by atoms with Crippen molar-refractivity contribution < 1.29 is 22.9 Å². The summed E-state index contributed by atoms with van der Waals surface area (Å²) in [5.41, 5.74) is 0. The highest BCUT2D eigenvalue weighted by Crippen LogP contribution is 2.12. The molecule has 0 radical (unpaired) electrons. The Morgan fingerprint density at radius 3 is 1.41 bits per heavy atom. The van der Waals surface area contributed by atoms with Gasteiger partial charge in [0.25, 0.3) is 10.1 Å². The molecule has 294 valence electrons. The largest absolute Gasteiger partial charge is 0.387 e. The molecule has 0 aliphatic carbocycles. The minimum absolute atomic E-state index is 0.272. The monoisotopic (exact) mass is 732 g/mol. The van der Waals surface area contributed by atoms with Gasteiger partial charge in [-0.3, -0.25) is 9.35 Å². The van der Waals surface area contributed by atoms with Gasteiger partial charge in [0.1, 0.15) is 0 Å². The van der Waals surface area contributed by atoms with Crippen LogP contribution in [0.4, 0.5) is 0 Å². The lowest BCUT2D eigenvalue weighted by Gasteiger charge is -2.21. The first-order valence-electron chi connectivity index (χ1n) is 20.6. The third kappa shape index (κ3) is 38.8. The molecule has 0 aromatic heterocycles. The van der Waals surface area contributed by atoms with Crippen LogP contribution in [-0.4, -0.2) is 41.9 Å². The standard InChI is InChI=1S/C44H77NO5S/c1-3-5-7-9-11-13-15-17-18-19-20-21-22-23-24-25-26-28-30-32-34-36-38-40-44(47)45-42(41-51(48,49)50)43(46)39-37-35-33-31-29-27-16-14-12-10-8-6-4-2/h12,14-15,17,19-20,22-23,29,31,37,39,42-43,46H,3-11,13,16,18,21,24-28,30,32-36,38,40-41H2,1-2H3,(H,45,47)(H,48,49,50)/b14-12+,17-15-,20-19-,23-22-,31-29+,39-37+. The molecular weight excluding hydrogens is 655 g/mol. The fourth-order valence-electron chi connectivity index (χ4n) is 5.72. The minimum Gasteiger partial charge on any atom is -0.387 e. The molecule has 2 atom stereocenters. The average molecular weight is 732 g/mol. The third-order valence-electron chi connectivity index (χ3n) is 8.83. The molecule has 0 fully saturated rings. The summed E-state index contributed by atoms with van der Waals surface area (Å²) >= 11 is 0. The molecule has 0 aromatic carbocycles. The number of carbonyl (C=O) groups is 1. The van der Waals surface area contributed by atoms with Gasteiger partial charge >= 0.3 is 0 Å². The Hall–Kier alpha value is -2.22. The first-order chi connectivity index (χ1) is 24.8. The maximum atomic E-state index is 12.5. The fourth-order valence-corrected chi connectivity index (χ4v) is 6.46. The predicted octanol–water partition coefficient (Wildman–Crippen LogP) is 12.2. The maximum absolute atomic E-state index is 12.5. The summed E-state index contributed by atoms with van der Waals surface area (Å²) < 4.78 is 32.4. The lowest BCUT2D eigenvalue weighted by molar-refractivity contribution is -0.122. The summed E-state index contributed by atoms with van der Waals surface area (Å²) in [5, 5.41) is 13.2. The topological polar surface area (TPSA) is 104 Å². The van der Waals surface area contributed by atoms with Crippen LogP contribution in [0.2, 0.25) is 0 Å². The number of aliphatic hydroxyl groups excluding tert-OH is 1. The van der Waals surface area contributed by atoms with Gasteiger partial charge in [-0.05, 0) is 83.5 Å². The van der Waals surface area contributed by atoms with Crippen LogP contribution in [0.25, 0.3) is 0 Å². The van der Waals surface area contributed by atoms with Gasteiger partial charge in [0.15, 0.2) is 0 Å². The summed E-state index contributed by atoms with van der Waals surface area (Å²) in [7, 11) is -4.36. The van der Waals surface area contributed by atoms with Gasteiger partial charge in [-0.25, -0.2) is 0 Å². The van der Waals surface area contributed by atoms with Crippen molar-refractivity contribution in [2.75, 3.05) is 5.75 Å². The van der Waals surface area contributed by atoms with Gasteiger partial charge in [0.2, 0.25) is 5.91 Å². The van der Waals surface area contributed by atoms with Crippen LogP contribution in [-0.2, 0) is 14.9 Å². The Balaban J connectivity index is 3.96. The van der Waals surface area contributed by atoms with Crippen molar-refractivity contribution in [2.24, 2.45) is 0 Å². The first-order valence-corrected chi connectivity index (χ1v) is 22.2. The van der Waals surface area contributed by atoms with Gasteiger partial charge in [0.05, 0.1) is 17.9 Å². The molecule has 0 aromatic rings. The van der Waals surface area contributed by atoms with E-state index in [-0.39, 0.29) is 12.3 Å². The average Bonchev–Trinajstić information content (AvgIpc) is 3.09. The molecule has 0 saturated carbocycles. The summed E-state index contributed by atoms with van der Waals surface area (Å²) in [5.74, 6) is -1.03. The van der Waals surface area contributed by atoms with Gasteiger partial charge < -0.3 is 10.4 Å². The number of amides is 1. The zero-order valence-corrected chi connectivity index (χ0v) is 33.5. The van der Waals surface area contributed by atoms with Gasteiger partial charge in [-0.15, -0.1) is 0 Å². The Labute approximate surface area is 314 Å². The number of allylic oxidation sites excluding steroid dienone is 11. The van der Waals surface area contributed by atoms with Crippen molar-refractivity contribution in [1.82, 2.24) is 5.32 Å². The number of hydrogen-bond acceptors (Lipinski definition) is 4. The summed E-state index contributed by atoms with van der Waals surface area (Å²) in [6.45, 7) is 4.47. The molecule has 0 spiro atoms. The smallest absolute Gasteiger partial charge is 0.267 e. The zero-order chi connectivity index (χ0) is 37.5. The Bertz CT molecular complexity index is 1070. The van der Waals surface area contributed by atoms with E-state index in [1.165, 1.54) is 89.5 Å². The normalized spacial score (nSPS) is 14.0. The highest BCUT2D eigenvalue weighted by molar-refractivity contribution is 7.85. The second kappa shape index (κ2) is 37.5. The SMILES string of the molecule is CCCCC/C=C/CC/C=C/CC/C=C/C(O)C(CS(=O)(=O)O)NC(=O)CCCCCCCCCC/C=C\C/C=C\C/C=C\CCCCCCC. The summed E-state index contributed by atoms with van der Waals surface area (Å²) in [6.07, 6.45) is 53.2. The zero-order valence-electron chi connectivity index (χ0n) is 32.7. The van der Waals surface area contributed by atoms with Crippen molar-refractivity contribution in [3.05, 3.63) is 72.9 Å². The fraction of sp³-hybridized carbons (Fsp3) is 0.705. The van der Waals surface area contributed by atoms with E-state index < -0.39 is 28.0 Å². The van der Waals surface area contributed by atoms with Crippen molar-refractivity contribution in [3.8, 4) is 0 Å². The molecule has 0 heterocycles. The summed E-state index contributed by atoms with van der Waals surface area (Å²) in [4.78, 5) is 12.5. The molecule has 0 bridgehead atoms. The highest BCUT2D eigenvalue weighted by Gasteiger charge is 2.24. The molecule has 51 heavy (non-hydrogen) atoms. The van der Waals surface area contributed by atoms with Crippen LogP contribution in [0, 0.1) is 0 Å². The van der Waals surface area contributed by atoms with E-state index in [1.807, 2.05) is 0 Å². The molecule has 6 nitrogen and oxygen atoms in total.